The minimum Gasteiger partial charge on any atom is -0.352 e. The Labute approximate surface area is 179 Å². The summed E-state index contributed by atoms with van der Waals surface area (Å²) in [7, 11) is 0. The van der Waals surface area contributed by atoms with Crippen molar-refractivity contribution in [2.75, 3.05) is 19.6 Å². The zero-order valence-corrected chi connectivity index (χ0v) is 18.6. The van der Waals surface area contributed by atoms with Gasteiger partial charge < -0.3 is 11.1 Å². The third kappa shape index (κ3) is 7.17. The van der Waals surface area contributed by atoms with Crippen molar-refractivity contribution < 1.29 is 4.79 Å². The van der Waals surface area contributed by atoms with E-state index >= 15 is 0 Å². The van der Waals surface area contributed by atoms with Crippen LogP contribution in [0.15, 0.2) is 5.38 Å². The van der Waals surface area contributed by atoms with Crippen molar-refractivity contribution in [2.45, 2.75) is 64.5 Å². The predicted octanol–water partition coefficient (Wildman–Crippen LogP) is 3.53. The molecular formula is C19H34Cl2N4OS. The van der Waals surface area contributed by atoms with Gasteiger partial charge in [0.05, 0.1) is 10.7 Å². The highest BCUT2D eigenvalue weighted by Gasteiger charge is 2.29. The number of carbonyl (C=O) groups excluding carboxylic acids is 1. The van der Waals surface area contributed by atoms with E-state index in [1.54, 1.807) is 11.3 Å². The number of carbonyl (C=O) groups is 1. The van der Waals surface area contributed by atoms with Gasteiger partial charge >= 0.3 is 0 Å². The highest BCUT2D eigenvalue weighted by Crippen LogP contribution is 2.27. The number of aryl methyl sites for hydroxylation is 1. The largest absolute Gasteiger partial charge is 0.352 e. The fraction of sp³-hybridized carbons (Fsp3) is 0.789. The van der Waals surface area contributed by atoms with Crippen LogP contribution >= 0.6 is 36.2 Å². The van der Waals surface area contributed by atoms with E-state index in [0.29, 0.717) is 12.5 Å². The standard InChI is InChI=1S/C19H32N4OS.2ClH/c1-14-21-17(13-25-14)12-23-9-7-16(8-10-23)19(24)22-18(11-20)15-5-3-2-4-6-15;;/h13,15-16,18H,2-12,20H2,1H3,(H,22,24);2*1H. The first-order valence-electron chi connectivity index (χ1n) is 9.79. The van der Waals surface area contributed by atoms with Gasteiger partial charge in [0, 0.05) is 30.4 Å². The number of piperidine rings is 1. The average Bonchev–Trinajstić information content (AvgIpc) is 3.05. The summed E-state index contributed by atoms with van der Waals surface area (Å²) in [5.41, 5.74) is 7.12. The lowest BCUT2D eigenvalue weighted by molar-refractivity contribution is -0.127. The van der Waals surface area contributed by atoms with Crippen molar-refractivity contribution in [3.05, 3.63) is 16.1 Å². The molecule has 1 atom stereocenters. The molecule has 2 fully saturated rings. The molecule has 0 radical (unpaired) electrons. The fourth-order valence-corrected chi connectivity index (χ4v) is 4.87. The van der Waals surface area contributed by atoms with Crippen LogP contribution in [0, 0.1) is 18.8 Å². The number of thiazole rings is 1. The molecule has 2 heterocycles. The SMILES string of the molecule is Cc1nc(CN2CCC(C(=O)NC(CN)C3CCCCC3)CC2)cs1.Cl.Cl. The van der Waals surface area contributed by atoms with Gasteiger partial charge in [0.25, 0.3) is 0 Å². The third-order valence-electron chi connectivity index (χ3n) is 5.81. The average molecular weight is 437 g/mol. The van der Waals surface area contributed by atoms with Crippen LogP contribution in [0.1, 0.15) is 55.6 Å². The van der Waals surface area contributed by atoms with E-state index in [1.165, 1.54) is 32.1 Å². The van der Waals surface area contributed by atoms with E-state index in [0.717, 1.165) is 43.2 Å². The molecule has 1 aliphatic carbocycles. The monoisotopic (exact) mass is 436 g/mol. The molecule has 1 aliphatic heterocycles. The molecule has 0 spiro atoms. The van der Waals surface area contributed by atoms with Crippen LogP contribution in [-0.4, -0.2) is 41.5 Å². The molecule has 1 unspecified atom stereocenters. The minimum absolute atomic E-state index is 0. The maximum atomic E-state index is 12.7. The molecule has 1 amide bonds. The van der Waals surface area contributed by atoms with Gasteiger partial charge in [-0.2, -0.15) is 0 Å². The maximum absolute atomic E-state index is 12.7. The number of hydrogen-bond acceptors (Lipinski definition) is 5. The molecule has 0 aromatic carbocycles. The first kappa shape index (κ1) is 24.6. The maximum Gasteiger partial charge on any atom is 0.223 e. The number of likely N-dealkylation sites (tertiary alicyclic amines) is 1. The van der Waals surface area contributed by atoms with E-state index in [2.05, 4.69) is 20.6 Å². The Morgan fingerprint density at radius 1 is 1.26 bits per heavy atom. The molecule has 0 bridgehead atoms. The van der Waals surface area contributed by atoms with Gasteiger partial charge in [-0.15, -0.1) is 36.2 Å². The number of nitrogens with one attached hydrogen (secondary N) is 1. The van der Waals surface area contributed by atoms with Crippen molar-refractivity contribution in [3.63, 3.8) is 0 Å². The van der Waals surface area contributed by atoms with Gasteiger partial charge in [-0.25, -0.2) is 4.98 Å². The number of hydrogen-bond donors (Lipinski definition) is 2. The summed E-state index contributed by atoms with van der Waals surface area (Å²) in [5.74, 6) is 0.951. The Morgan fingerprint density at radius 3 is 2.48 bits per heavy atom. The van der Waals surface area contributed by atoms with E-state index in [-0.39, 0.29) is 42.7 Å². The fourth-order valence-electron chi connectivity index (χ4n) is 4.27. The number of amides is 1. The first-order valence-corrected chi connectivity index (χ1v) is 10.7. The van der Waals surface area contributed by atoms with Gasteiger partial charge in [0.15, 0.2) is 0 Å². The predicted molar refractivity (Wildman–Crippen MR) is 117 cm³/mol. The molecule has 1 aromatic heterocycles. The number of rotatable bonds is 6. The highest BCUT2D eigenvalue weighted by molar-refractivity contribution is 7.09. The zero-order valence-electron chi connectivity index (χ0n) is 16.2. The van der Waals surface area contributed by atoms with Gasteiger partial charge in [-0.3, -0.25) is 9.69 Å². The van der Waals surface area contributed by atoms with E-state index in [1.807, 2.05) is 6.92 Å². The molecule has 1 saturated carbocycles. The van der Waals surface area contributed by atoms with Crippen LogP contribution < -0.4 is 11.1 Å². The van der Waals surface area contributed by atoms with Gasteiger partial charge in [-0.05, 0) is 51.6 Å². The molecule has 3 N–H and O–H groups in total. The molecular weight excluding hydrogens is 403 g/mol. The Hall–Kier alpha value is -0.400. The van der Waals surface area contributed by atoms with E-state index in [9.17, 15) is 4.79 Å². The summed E-state index contributed by atoms with van der Waals surface area (Å²) in [4.78, 5) is 19.6. The molecule has 1 saturated heterocycles. The van der Waals surface area contributed by atoms with Gasteiger partial charge in [0.2, 0.25) is 5.91 Å². The molecule has 3 rings (SSSR count). The highest BCUT2D eigenvalue weighted by atomic mass is 35.5. The molecule has 1 aromatic rings. The van der Waals surface area contributed by atoms with Crippen molar-refractivity contribution in [1.82, 2.24) is 15.2 Å². The third-order valence-corrected chi connectivity index (χ3v) is 6.63. The second kappa shape index (κ2) is 12.2. The molecule has 8 heteroatoms. The lowest BCUT2D eigenvalue weighted by Gasteiger charge is -2.34. The van der Waals surface area contributed by atoms with Crippen LogP contribution in [0.5, 0.6) is 0 Å². The summed E-state index contributed by atoms with van der Waals surface area (Å²) in [5, 5.41) is 6.55. The lowest BCUT2D eigenvalue weighted by atomic mass is 9.83. The van der Waals surface area contributed by atoms with Crippen molar-refractivity contribution in [2.24, 2.45) is 17.6 Å². The molecule has 156 valence electrons. The van der Waals surface area contributed by atoms with Crippen molar-refractivity contribution >= 4 is 42.1 Å². The normalized spacial score (nSPS) is 20.4. The Balaban J connectivity index is 0.00000182. The lowest BCUT2D eigenvalue weighted by Crippen LogP contribution is -2.49. The van der Waals surface area contributed by atoms with Crippen LogP contribution in [0.2, 0.25) is 0 Å². The Kier molecular flexibility index (Phi) is 11.2. The Morgan fingerprint density at radius 2 is 1.93 bits per heavy atom. The minimum atomic E-state index is 0. The second-order valence-corrected chi connectivity index (χ2v) is 8.72. The zero-order chi connectivity index (χ0) is 17.6. The number of nitrogens with zero attached hydrogens (tertiary/aromatic N) is 2. The van der Waals surface area contributed by atoms with E-state index < -0.39 is 0 Å². The van der Waals surface area contributed by atoms with Crippen molar-refractivity contribution in [3.8, 4) is 0 Å². The summed E-state index contributed by atoms with van der Waals surface area (Å²) in [6.07, 6.45) is 8.21. The summed E-state index contributed by atoms with van der Waals surface area (Å²) < 4.78 is 0. The number of aromatic nitrogens is 1. The summed E-state index contributed by atoms with van der Waals surface area (Å²) in [6.45, 7) is 5.48. The Bertz CT molecular complexity index is 558. The topological polar surface area (TPSA) is 71.2 Å². The van der Waals surface area contributed by atoms with Gasteiger partial charge in [-0.1, -0.05) is 19.3 Å². The number of nitrogens with two attached hydrogens (primary N) is 1. The number of halogens is 2. The summed E-state index contributed by atoms with van der Waals surface area (Å²) in [6, 6.07) is 0.170. The summed E-state index contributed by atoms with van der Waals surface area (Å²) >= 11 is 1.71. The van der Waals surface area contributed by atoms with Crippen LogP contribution in [0.25, 0.3) is 0 Å². The smallest absolute Gasteiger partial charge is 0.223 e. The second-order valence-electron chi connectivity index (χ2n) is 7.66. The molecule has 5 nitrogen and oxygen atoms in total. The van der Waals surface area contributed by atoms with Crippen molar-refractivity contribution in [1.29, 1.82) is 0 Å². The van der Waals surface area contributed by atoms with E-state index in [4.69, 9.17) is 5.73 Å². The molecule has 2 aliphatic rings. The quantitative estimate of drug-likeness (QED) is 0.714. The van der Waals surface area contributed by atoms with Crippen LogP contribution in [0.3, 0.4) is 0 Å². The van der Waals surface area contributed by atoms with Gasteiger partial charge in [0.1, 0.15) is 0 Å². The van der Waals surface area contributed by atoms with Crippen LogP contribution in [-0.2, 0) is 11.3 Å². The molecule has 27 heavy (non-hydrogen) atoms. The van der Waals surface area contributed by atoms with Crippen LogP contribution in [0.4, 0.5) is 0 Å². The first-order chi connectivity index (χ1) is 12.2.